The Morgan fingerprint density at radius 1 is 1.11 bits per heavy atom. The monoisotopic (exact) mass is 507 g/mol. The molecule has 0 aromatic heterocycles. The first kappa shape index (κ1) is 26.2. The summed E-state index contributed by atoms with van der Waals surface area (Å²) in [6.45, 7) is 3.31. The van der Waals surface area contributed by atoms with Gasteiger partial charge in [0.15, 0.2) is 11.6 Å². The molecule has 1 heterocycles. The van der Waals surface area contributed by atoms with Crippen LogP contribution in [0.15, 0.2) is 12.1 Å². The van der Waals surface area contributed by atoms with E-state index in [1.54, 1.807) is 0 Å². The van der Waals surface area contributed by atoms with Gasteiger partial charge in [-0.25, -0.2) is 13.6 Å². The molecule has 0 radical (unpaired) electrons. The lowest BCUT2D eigenvalue weighted by atomic mass is 9.56. The van der Waals surface area contributed by atoms with Gasteiger partial charge in [-0.1, -0.05) is 0 Å². The van der Waals surface area contributed by atoms with Crippen molar-refractivity contribution in [3.8, 4) is 5.75 Å². The van der Waals surface area contributed by atoms with Crippen LogP contribution < -0.4 is 10.5 Å². The Labute approximate surface area is 210 Å². The molecule has 1 aliphatic heterocycles. The first-order valence-electron chi connectivity index (χ1n) is 12.6. The lowest BCUT2D eigenvalue weighted by Gasteiger charge is -2.52. The molecule has 0 atom stereocenters. The Balaban J connectivity index is 1.16. The third kappa shape index (κ3) is 6.07. The number of likely N-dealkylation sites (tertiary alicyclic amines) is 1. The topological polar surface area (TPSA) is 102 Å². The van der Waals surface area contributed by atoms with Gasteiger partial charge in [0.1, 0.15) is 11.4 Å². The number of carbonyl (C=O) groups excluding carboxylic acids is 3. The second-order valence-electron chi connectivity index (χ2n) is 11.0. The maximum absolute atomic E-state index is 14.4. The first-order valence-corrected chi connectivity index (χ1v) is 12.6. The zero-order valence-corrected chi connectivity index (χ0v) is 21.0. The van der Waals surface area contributed by atoms with Crippen LogP contribution in [0, 0.1) is 23.0 Å². The number of halogens is 2. The number of benzene rings is 1. The molecule has 1 spiro atoms. The molecular formula is C26H35F2N3O5. The lowest BCUT2D eigenvalue weighted by Crippen LogP contribution is -2.49. The third-order valence-corrected chi connectivity index (χ3v) is 7.82. The molecule has 1 aromatic carbocycles. The molecule has 198 valence electrons. The van der Waals surface area contributed by atoms with E-state index in [0.717, 1.165) is 75.1 Å². The highest BCUT2D eigenvalue weighted by Gasteiger charge is 2.47. The molecule has 3 amide bonds. The number of nitrogens with zero attached hydrogens (tertiary/aromatic N) is 2. The summed E-state index contributed by atoms with van der Waals surface area (Å²) in [7, 11) is 1.28. The highest BCUT2D eigenvalue weighted by molar-refractivity contribution is 5.96. The van der Waals surface area contributed by atoms with Crippen LogP contribution >= 0.6 is 0 Å². The van der Waals surface area contributed by atoms with E-state index in [1.165, 1.54) is 7.05 Å². The van der Waals surface area contributed by atoms with Gasteiger partial charge in [-0.05, 0) is 75.7 Å². The number of ether oxygens (including phenoxy) is 2. The van der Waals surface area contributed by atoms with Crippen molar-refractivity contribution < 1.29 is 32.6 Å². The molecule has 1 saturated heterocycles. The summed E-state index contributed by atoms with van der Waals surface area (Å²) < 4.78 is 39.8. The van der Waals surface area contributed by atoms with Crippen molar-refractivity contribution >= 4 is 17.9 Å². The van der Waals surface area contributed by atoms with Crippen LogP contribution in [-0.4, -0.2) is 66.6 Å². The predicted octanol–water partition coefficient (Wildman–Crippen LogP) is 3.86. The molecule has 0 unspecified atom stereocenters. The van der Waals surface area contributed by atoms with Gasteiger partial charge in [-0.15, -0.1) is 0 Å². The number of hydrogen-bond donors (Lipinski definition) is 1. The summed E-state index contributed by atoms with van der Waals surface area (Å²) in [5.41, 5.74) is 4.63. The van der Waals surface area contributed by atoms with Crippen LogP contribution in [0.25, 0.3) is 0 Å². The minimum atomic E-state index is -0.921. The van der Waals surface area contributed by atoms with Gasteiger partial charge in [-0.3, -0.25) is 9.59 Å². The molecule has 0 bridgehead atoms. The van der Waals surface area contributed by atoms with E-state index in [4.69, 9.17) is 15.2 Å². The molecule has 36 heavy (non-hydrogen) atoms. The molecule has 8 nitrogen and oxygen atoms in total. The van der Waals surface area contributed by atoms with E-state index in [1.807, 2.05) is 11.8 Å². The Bertz CT molecular complexity index is 1010. The average molecular weight is 508 g/mol. The smallest absolute Gasteiger partial charge is 0.410 e. The molecule has 2 N–H and O–H groups in total. The lowest BCUT2D eigenvalue weighted by molar-refractivity contribution is -0.118. The van der Waals surface area contributed by atoms with Crippen LogP contribution in [0.2, 0.25) is 0 Å². The summed E-state index contributed by atoms with van der Waals surface area (Å²) in [4.78, 5) is 38.2. The number of primary amides is 1. The second-order valence-corrected chi connectivity index (χ2v) is 11.0. The molecule has 3 fully saturated rings. The summed E-state index contributed by atoms with van der Waals surface area (Å²) in [6, 6.07) is 1.65. The fraction of sp³-hybridized carbons (Fsp3) is 0.654. The number of rotatable bonds is 9. The van der Waals surface area contributed by atoms with Crippen LogP contribution in [-0.2, 0) is 9.53 Å². The third-order valence-electron chi connectivity index (χ3n) is 7.82. The van der Waals surface area contributed by atoms with Crippen LogP contribution in [0.5, 0.6) is 5.75 Å². The largest absolute Gasteiger partial charge is 0.490 e. The number of nitrogens with two attached hydrogens (primary N) is 1. The fourth-order valence-electron chi connectivity index (χ4n) is 5.36. The van der Waals surface area contributed by atoms with Crippen molar-refractivity contribution in [3.63, 3.8) is 0 Å². The van der Waals surface area contributed by atoms with Crippen molar-refractivity contribution in [3.05, 3.63) is 29.3 Å². The Hall–Kier alpha value is -2.91. The van der Waals surface area contributed by atoms with Gasteiger partial charge in [0.25, 0.3) is 5.91 Å². The maximum atomic E-state index is 14.4. The maximum Gasteiger partial charge on any atom is 0.410 e. The standard InChI is InChI=1S/C26H35F2N3O5/c1-25(5-6-25)36-24(34)31-9-7-26(8-10-31)14-17(15-26)4-3-11-35-21-13-19(27)18(12-20(21)28)23(33)30(2)16-22(29)32/h12-13,17H,3-11,14-16H2,1-2H3,(H2,29,32). The van der Waals surface area contributed by atoms with Crippen molar-refractivity contribution in [2.24, 2.45) is 17.1 Å². The van der Waals surface area contributed by atoms with E-state index >= 15 is 0 Å². The summed E-state index contributed by atoms with van der Waals surface area (Å²) >= 11 is 0. The quantitative estimate of drug-likeness (QED) is 0.512. The van der Waals surface area contributed by atoms with Crippen molar-refractivity contribution in [2.75, 3.05) is 33.3 Å². The minimum absolute atomic E-state index is 0.184. The van der Waals surface area contributed by atoms with E-state index < -0.39 is 35.6 Å². The Kier molecular flexibility index (Phi) is 7.43. The number of piperidine rings is 1. The van der Waals surface area contributed by atoms with Gasteiger partial charge in [-0.2, -0.15) is 0 Å². The molecule has 4 rings (SSSR count). The zero-order valence-electron chi connectivity index (χ0n) is 21.0. The van der Waals surface area contributed by atoms with Crippen LogP contribution in [0.3, 0.4) is 0 Å². The molecule has 2 saturated carbocycles. The van der Waals surface area contributed by atoms with Crippen molar-refractivity contribution in [2.45, 2.75) is 63.9 Å². The van der Waals surface area contributed by atoms with Gasteiger partial charge < -0.3 is 25.0 Å². The second kappa shape index (κ2) is 10.2. The normalized spacial score (nSPS) is 19.9. The Morgan fingerprint density at radius 2 is 1.78 bits per heavy atom. The highest BCUT2D eigenvalue weighted by atomic mass is 19.1. The van der Waals surface area contributed by atoms with E-state index in [2.05, 4.69) is 0 Å². The van der Waals surface area contributed by atoms with Crippen molar-refractivity contribution in [1.82, 2.24) is 9.80 Å². The number of hydrogen-bond acceptors (Lipinski definition) is 5. The number of amides is 3. The summed E-state index contributed by atoms with van der Waals surface area (Å²) in [5, 5.41) is 0. The van der Waals surface area contributed by atoms with Gasteiger partial charge in [0.2, 0.25) is 5.91 Å². The molecule has 10 heteroatoms. The first-order chi connectivity index (χ1) is 17.0. The molecule has 2 aliphatic carbocycles. The predicted molar refractivity (Wildman–Crippen MR) is 127 cm³/mol. The van der Waals surface area contributed by atoms with Gasteiger partial charge in [0.05, 0.1) is 18.7 Å². The summed E-state index contributed by atoms with van der Waals surface area (Å²) in [6.07, 6.45) is 7.58. The zero-order chi connectivity index (χ0) is 26.1. The van der Waals surface area contributed by atoms with E-state index in [-0.39, 0.29) is 24.1 Å². The summed E-state index contributed by atoms with van der Waals surface area (Å²) in [5.74, 6) is -3.02. The SMILES string of the molecule is CN(CC(N)=O)C(=O)c1cc(F)c(OCCCC2CC3(CCN(C(=O)OC4(C)CC4)CC3)C2)cc1F. The van der Waals surface area contributed by atoms with Gasteiger partial charge in [0, 0.05) is 26.2 Å². The fourth-order valence-corrected chi connectivity index (χ4v) is 5.36. The average Bonchev–Trinajstić information content (AvgIpc) is 3.52. The van der Waals surface area contributed by atoms with Gasteiger partial charge >= 0.3 is 6.09 Å². The van der Waals surface area contributed by atoms with E-state index in [9.17, 15) is 23.2 Å². The molecule has 1 aromatic rings. The van der Waals surface area contributed by atoms with E-state index in [0.29, 0.717) is 17.8 Å². The minimum Gasteiger partial charge on any atom is -0.490 e. The Morgan fingerprint density at radius 3 is 2.39 bits per heavy atom. The van der Waals surface area contributed by atoms with Crippen LogP contribution in [0.1, 0.15) is 68.6 Å². The van der Waals surface area contributed by atoms with Crippen molar-refractivity contribution in [1.29, 1.82) is 0 Å². The van der Waals surface area contributed by atoms with Crippen LogP contribution in [0.4, 0.5) is 13.6 Å². The molecular weight excluding hydrogens is 472 g/mol. The number of likely N-dealkylation sites (N-methyl/N-ethyl adjacent to an activating group) is 1. The highest BCUT2D eigenvalue weighted by Crippen LogP contribution is 2.54. The number of carbonyl (C=O) groups is 3. The molecule has 3 aliphatic rings.